The topological polar surface area (TPSA) is 50.1 Å². The molecule has 0 spiro atoms. The van der Waals surface area contributed by atoms with Gasteiger partial charge in [0.2, 0.25) is 0 Å². The first-order valence-corrected chi connectivity index (χ1v) is 4.99. The van der Waals surface area contributed by atoms with Crippen LogP contribution in [0.1, 0.15) is 34.1 Å². The lowest BCUT2D eigenvalue weighted by molar-refractivity contribution is 1.02. The maximum atomic E-state index is 4.50. The van der Waals surface area contributed by atoms with E-state index in [1.165, 1.54) is 13.5 Å². The van der Waals surface area contributed by atoms with Gasteiger partial charge in [-0.15, -0.1) is 0 Å². The number of nitrogens with one attached hydrogen (secondary N) is 2. The quantitative estimate of drug-likeness (QED) is 0.551. The molecule has 0 saturated carbocycles. The average molecular weight is 195 g/mol. The number of nitrogens with two attached hydrogens (primary N) is 1. The highest BCUT2D eigenvalue weighted by Gasteiger charge is 1.35. The molecular weight excluding hydrogens is 162 g/mol. The predicted molar refractivity (Wildman–Crippen MR) is 67.4 cm³/mol. The van der Waals surface area contributed by atoms with E-state index in [1.54, 1.807) is 0 Å². The van der Waals surface area contributed by atoms with Crippen molar-refractivity contribution in [3.05, 3.63) is 0 Å². The Hall–Kier alpha value is -0.120. The van der Waals surface area contributed by atoms with Crippen molar-refractivity contribution in [2.75, 3.05) is 35.2 Å². The molecule has 0 bridgehead atoms. The molecule has 0 fully saturated rings. The molecule has 0 atom stereocenters. The van der Waals surface area contributed by atoms with Gasteiger partial charge in [0.25, 0.3) is 0 Å². The van der Waals surface area contributed by atoms with Gasteiger partial charge in [-0.2, -0.15) is 0 Å². The highest BCUT2D eigenvalue weighted by molar-refractivity contribution is 3.92. The second-order valence-corrected chi connectivity index (χ2v) is 1.71. The minimum absolute atomic E-state index is 1.25. The highest BCUT2D eigenvalue weighted by Crippen LogP contribution is 1.56. The number of rotatable bonds is 0. The van der Waals surface area contributed by atoms with Crippen LogP contribution >= 0.6 is 0 Å². The zero-order chi connectivity index (χ0) is 12.1. The molecule has 4 N–H and O–H groups in total. The molecule has 0 aromatic rings. The van der Waals surface area contributed by atoms with Crippen LogP contribution < -0.4 is 16.4 Å². The molecule has 13 heavy (non-hydrogen) atoms. The predicted octanol–water partition coefficient (Wildman–Crippen LogP) is 1.69. The minimum atomic E-state index is 1.25. The summed E-state index contributed by atoms with van der Waals surface area (Å²) in [6.07, 6.45) is 1.25. The molecule has 0 rings (SSSR count). The van der Waals surface area contributed by atoms with Gasteiger partial charge in [0.05, 0.1) is 0 Å². The lowest BCUT2D eigenvalue weighted by atomic mass is 10.6. The second kappa shape index (κ2) is 170. The molecule has 0 unspecified atom stereocenters. The van der Waals surface area contributed by atoms with Gasteiger partial charge in [0.1, 0.15) is 0 Å². The average Bonchev–Trinajstić information content (AvgIpc) is 2.14. The summed E-state index contributed by atoms with van der Waals surface area (Å²) < 4.78 is 0. The number of hydrogen-bond acceptors (Lipinski definition) is 3. The summed E-state index contributed by atoms with van der Waals surface area (Å²) in [4.78, 5) is 0. The van der Waals surface area contributed by atoms with Crippen molar-refractivity contribution < 1.29 is 0 Å². The maximum absolute atomic E-state index is 4.50. The smallest absolute Gasteiger partial charge is 0.0167 e. The molecule has 0 radical (unpaired) electrons. The largest absolute Gasteiger partial charge is 0.333 e. The second-order valence-electron chi connectivity index (χ2n) is 1.71. The number of hydrogen-bond donors (Lipinski definition) is 3. The van der Waals surface area contributed by atoms with Gasteiger partial charge >= 0.3 is 0 Å². The van der Waals surface area contributed by atoms with Crippen molar-refractivity contribution in [2.45, 2.75) is 34.1 Å². The molecule has 3 heteroatoms. The van der Waals surface area contributed by atoms with Gasteiger partial charge in [-0.1, -0.05) is 34.1 Å². The Morgan fingerprint density at radius 3 is 0.769 bits per heavy atom. The zero-order valence-electron chi connectivity index (χ0n) is 11.3. The van der Waals surface area contributed by atoms with Gasteiger partial charge in [-0.25, -0.2) is 0 Å². The third-order valence-electron chi connectivity index (χ3n) is 0. The molecule has 3 nitrogen and oxygen atoms in total. The molecule has 0 amide bonds. The third kappa shape index (κ3) is 80500. The lowest BCUT2D eigenvalue weighted by Gasteiger charge is -1.59. The van der Waals surface area contributed by atoms with E-state index in [1.807, 2.05) is 42.0 Å². The van der Waals surface area contributed by atoms with Crippen LogP contribution in [-0.4, -0.2) is 35.2 Å². The van der Waals surface area contributed by atoms with Crippen LogP contribution in [0, 0.1) is 0 Å². The van der Waals surface area contributed by atoms with Crippen LogP contribution in [0.25, 0.3) is 0 Å². The molecule has 0 aliphatic carbocycles. The Morgan fingerprint density at radius 1 is 0.769 bits per heavy atom. The van der Waals surface area contributed by atoms with Crippen molar-refractivity contribution in [1.82, 2.24) is 10.6 Å². The van der Waals surface area contributed by atoms with E-state index in [2.05, 4.69) is 30.2 Å². The van der Waals surface area contributed by atoms with Crippen LogP contribution in [0.5, 0.6) is 0 Å². The molecule has 0 aromatic carbocycles. The normalized spacial score (nSPS) is 5.08. The van der Waals surface area contributed by atoms with Crippen LogP contribution in [-0.2, 0) is 0 Å². The van der Waals surface area contributed by atoms with Crippen LogP contribution in [0.15, 0.2) is 0 Å². The van der Waals surface area contributed by atoms with E-state index >= 15 is 0 Å². The Labute approximate surface area is 86.5 Å². The van der Waals surface area contributed by atoms with Crippen molar-refractivity contribution in [3.63, 3.8) is 0 Å². The van der Waals surface area contributed by atoms with E-state index < -0.39 is 0 Å². The summed E-state index contributed by atoms with van der Waals surface area (Å²) in [6, 6.07) is 0. The van der Waals surface area contributed by atoms with E-state index in [9.17, 15) is 0 Å². The molecule has 88 valence electrons. The summed E-state index contributed by atoms with van der Waals surface area (Å²) in [5.41, 5.74) is 4.50. The van der Waals surface area contributed by atoms with E-state index in [0.29, 0.717) is 0 Å². The van der Waals surface area contributed by atoms with E-state index in [4.69, 9.17) is 0 Å². The first-order chi connectivity index (χ1) is 6.24. The summed E-state index contributed by atoms with van der Waals surface area (Å²) in [6.45, 7) is 8.25. The van der Waals surface area contributed by atoms with E-state index in [-0.39, 0.29) is 0 Å². The summed E-state index contributed by atoms with van der Waals surface area (Å²) in [5.74, 6) is 0. The van der Waals surface area contributed by atoms with Gasteiger partial charge in [0, 0.05) is 0 Å². The van der Waals surface area contributed by atoms with Crippen molar-refractivity contribution in [1.29, 1.82) is 0 Å². The van der Waals surface area contributed by atoms with Crippen LogP contribution in [0.2, 0.25) is 0 Å². The molecule has 0 aliphatic rings. The fourth-order valence-corrected chi connectivity index (χ4v) is 0. The first kappa shape index (κ1) is 29.3. The molecular formula is C10H33N3. The third-order valence-corrected chi connectivity index (χ3v) is 0. The fourth-order valence-electron chi connectivity index (χ4n) is 0. The molecule has 0 heterocycles. The molecule has 0 saturated heterocycles. The minimum Gasteiger partial charge on any atom is -0.333 e. The SMILES string of the molecule is CC.CCC.CN.CNC.CNC. The van der Waals surface area contributed by atoms with Gasteiger partial charge in [-0.3, -0.25) is 0 Å². The van der Waals surface area contributed by atoms with E-state index in [0.717, 1.165) is 0 Å². The van der Waals surface area contributed by atoms with Gasteiger partial charge in [-0.05, 0) is 35.2 Å². The Bertz CT molecular complexity index is 14.9. The fraction of sp³-hybridized carbons (Fsp3) is 1.00. The van der Waals surface area contributed by atoms with Crippen molar-refractivity contribution in [3.8, 4) is 0 Å². The molecule has 0 aliphatic heterocycles. The van der Waals surface area contributed by atoms with Crippen molar-refractivity contribution >= 4 is 0 Å². The molecule has 0 aromatic heterocycles. The standard InChI is InChI=1S/C3H8.2C2H7N.C2H6.CH5N/c3*1-3-2;2*1-2/h3H2,1-2H3;2*3H,1-2H3;1-2H3;2H2,1H3. The maximum Gasteiger partial charge on any atom is -0.0167 e. The highest BCUT2D eigenvalue weighted by atomic mass is 14.7. The Kier molecular flexibility index (Phi) is 382. The summed E-state index contributed by atoms with van der Waals surface area (Å²) >= 11 is 0. The van der Waals surface area contributed by atoms with Crippen molar-refractivity contribution in [2.24, 2.45) is 5.73 Å². The Balaban J connectivity index is -0.0000000208. The summed E-state index contributed by atoms with van der Waals surface area (Å²) in [5, 5.41) is 5.50. The monoisotopic (exact) mass is 195 g/mol. The Morgan fingerprint density at radius 2 is 0.769 bits per heavy atom. The van der Waals surface area contributed by atoms with Gasteiger partial charge < -0.3 is 16.4 Å². The van der Waals surface area contributed by atoms with Crippen LogP contribution in [0.3, 0.4) is 0 Å². The first-order valence-electron chi connectivity index (χ1n) is 4.99. The van der Waals surface area contributed by atoms with Crippen LogP contribution in [0.4, 0.5) is 0 Å². The lowest BCUT2D eigenvalue weighted by Crippen LogP contribution is -1.89. The summed E-state index contributed by atoms with van der Waals surface area (Å²) in [7, 11) is 9.00. The zero-order valence-corrected chi connectivity index (χ0v) is 11.3. The van der Waals surface area contributed by atoms with Gasteiger partial charge in [0.15, 0.2) is 0 Å².